The lowest BCUT2D eigenvalue weighted by molar-refractivity contribution is 0.0697. The van der Waals surface area contributed by atoms with E-state index in [0.717, 1.165) is 18.5 Å². The first-order valence-corrected chi connectivity index (χ1v) is 9.44. The average Bonchev–Trinajstić information content (AvgIpc) is 2.93. The van der Waals surface area contributed by atoms with Crippen LogP contribution in [0.5, 0.6) is 0 Å². The molecule has 0 bridgehead atoms. The summed E-state index contributed by atoms with van der Waals surface area (Å²) in [6, 6.07) is 5.58. The van der Waals surface area contributed by atoms with Gasteiger partial charge in [-0.3, -0.25) is 0 Å². The average molecular weight is 329 g/mol. The van der Waals surface area contributed by atoms with Crippen molar-refractivity contribution in [1.29, 1.82) is 0 Å². The van der Waals surface area contributed by atoms with E-state index < -0.39 is 5.97 Å². The van der Waals surface area contributed by atoms with Gasteiger partial charge in [-0.15, -0.1) is 0 Å². The minimum absolute atomic E-state index is 0.377. The van der Waals surface area contributed by atoms with Crippen LogP contribution in [0.2, 0.25) is 0 Å². The third-order valence-corrected chi connectivity index (χ3v) is 4.93. The highest BCUT2D eigenvalue weighted by molar-refractivity contribution is 5.94. The highest BCUT2D eigenvalue weighted by Gasteiger charge is 2.16. The zero-order chi connectivity index (χ0) is 17.5. The van der Waals surface area contributed by atoms with Gasteiger partial charge in [-0.05, 0) is 36.5 Å². The van der Waals surface area contributed by atoms with Gasteiger partial charge in [0.05, 0.1) is 5.56 Å². The molecule has 0 fully saturated rings. The van der Waals surface area contributed by atoms with Gasteiger partial charge in [0.2, 0.25) is 0 Å². The minimum atomic E-state index is -0.851. The van der Waals surface area contributed by atoms with Crippen LogP contribution in [-0.2, 0) is 6.54 Å². The van der Waals surface area contributed by atoms with E-state index in [1.165, 1.54) is 49.5 Å². The number of carbonyl (C=O) groups is 1. The van der Waals surface area contributed by atoms with E-state index >= 15 is 0 Å². The molecule has 0 saturated heterocycles. The summed E-state index contributed by atoms with van der Waals surface area (Å²) in [5.41, 5.74) is 2.82. The molecule has 1 unspecified atom stereocenters. The molecular weight excluding hydrogens is 298 g/mol. The molecule has 0 aliphatic rings. The van der Waals surface area contributed by atoms with E-state index in [1.54, 1.807) is 6.07 Å². The Morgan fingerprint density at radius 3 is 2.50 bits per heavy atom. The van der Waals surface area contributed by atoms with Crippen LogP contribution in [0.4, 0.5) is 0 Å². The van der Waals surface area contributed by atoms with Crippen molar-refractivity contribution in [1.82, 2.24) is 4.57 Å². The molecule has 0 spiro atoms. The Balaban J connectivity index is 2.34. The van der Waals surface area contributed by atoms with Crippen molar-refractivity contribution >= 4 is 16.9 Å². The number of nitrogens with zero attached hydrogens (tertiary/aromatic N) is 1. The second kappa shape index (κ2) is 8.91. The van der Waals surface area contributed by atoms with Crippen molar-refractivity contribution in [3.8, 4) is 0 Å². The highest BCUT2D eigenvalue weighted by atomic mass is 16.4. The molecule has 24 heavy (non-hydrogen) atoms. The van der Waals surface area contributed by atoms with Crippen LogP contribution in [-0.4, -0.2) is 15.6 Å². The summed E-state index contributed by atoms with van der Waals surface area (Å²) in [5.74, 6) is -0.335. The van der Waals surface area contributed by atoms with Crippen molar-refractivity contribution in [3.63, 3.8) is 0 Å². The molecule has 2 rings (SSSR count). The molecule has 3 nitrogen and oxygen atoms in total. The number of carboxylic acid groups (broad SMARTS) is 1. The van der Waals surface area contributed by atoms with Crippen molar-refractivity contribution < 1.29 is 9.90 Å². The van der Waals surface area contributed by atoms with Gasteiger partial charge < -0.3 is 9.67 Å². The van der Waals surface area contributed by atoms with Gasteiger partial charge in [-0.1, -0.05) is 58.9 Å². The summed E-state index contributed by atoms with van der Waals surface area (Å²) >= 11 is 0. The first kappa shape index (κ1) is 18.6. The molecule has 1 atom stereocenters. The summed E-state index contributed by atoms with van der Waals surface area (Å²) in [5, 5.41) is 10.5. The lowest BCUT2D eigenvalue weighted by Crippen LogP contribution is -1.99. The lowest BCUT2D eigenvalue weighted by Gasteiger charge is -2.10. The quantitative estimate of drug-likeness (QED) is 0.526. The van der Waals surface area contributed by atoms with Crippen LogP contribution in [0.15, 0.2) is 24.4 Å². The number of unbranched alkanes of at least 4 members (excludes halogenated alkanes) is 4. The van der Waals surface area contributed by atoms with Crippen molar-refractivity contribution in [2.24, 2.45) is 0 Å². The topological polar surface area (TPSA) is 42.2 Å². The Morgan fingerprint density at radius 1 is 1.12 bits per heavy atom. The van der Waals surface area contributed by atoms with Crippen LogP contribution in [0.25, 0.3) is 10.9 Å². The molecule has 3 heteroatoms. The number of aromatic nitrogens is 1. The van der Waals surface area contributed by atoms with Gasteiger partial charge in [0.25, 0.3) is 0 Å². The Labute approximate surface area is 145 Å². The van der Waals surface area contributed by atoms with Gasteiger partial charge >= 0.3 is 5.97 Å². The monoisotopic (exact) mass is 329 g/mol. The van der Waals surface area contributed by atoms with E-state index in [0.29, 0.717) is 11.5 Å². The number of rotatable bonds is 10. The predicted molar refractivity (Wildman–Crippen MR) is 101 cm³/mol. The first-order valence-electron chi connectivity index (χ1n) is 9.44. The molecule has 2 aromatic rings. The normalized spacial score (nSPS) is 12.6. The van der Waals surface area contributed by atoms with Crippen LogP contribution in [0.1, 0.15) is 87.6 Å². The van der Waals surface area contributed by atoms with Crippen LogP contribution in [0.3, 0.4) is 0 Å². The molecule has 0 saturated carbocycles. The number of hydrogen-bond acceptors (Lipinski definition) is 1. The second-order valence-corrected chi connectivity index (χ2v) is 6.92. The van der Waals surface area contributed by atoms with Crippen LogP contribution >= 0.6 is 0 Å². The fourth-order valence-electron chi connectivity index (χ4n) is 3.42. The van der Waals surface area contributed by atoms with E-state index in [1.807, 2.05) is 12.1 Å². The summed E-state index contributed by atoms with van der Waals surface area (Å²) in [7, 11) is 0. The number of benzene rings is 1. The van der Waals surface area contributed by atoms with Crippen LogP contribution < -0.4 is 0 Å². The van der Waals surface area contributed by atoms with E-state index in [4.69, 9.17) is 0 Å². The number of aromatic carboxylic acids is 1. The Bertz CT molecular complexity index is 672. The maximum absolute atomic E-state index is 11.3. The van der Waals surface area contributed by atoms with Crippen molar-refractivity contribution in [2.75, 3.05) is 0 Å². The Hall–Kier alpha value is -1.77. The SMILES string of the molecule is CCCCCC(C)c1cn(CCCCC)c2cc(C(=O)O)ccc12. The lowest BCUT2D eigenvalue weighted by atomic mass is 9.94. The van der Waals surface area contributed by atoms with Crippen molar-refractivity contribution in [2.45, 2.75) is 78.2 Å². The van der Waals surface area contributed by atoms with E-state index in [9.17, 15) is 9.90 Å². The standard InChI is InChI=1S/C21H31NO2/c1-4-6-8-10-16(3)19-15-22(13-9-7-5-2)20-14-17(21(23)24)11-12-18(19)20/h11-12,14-16H,4-10,13H2,1-3H3,(H,23,24). The van der Waals surface area contributed by atoms with E-state index in [2.05, 4.69) is 31.5 Å². The van der Waals surface area contributed by atoms with Gasteiger partial charge in [0, 0.05) is 23.6 Å². The van der Waals surface area contributed by atoms with E-state index in [-0.39, 0.29) is 0 Å². The number of carboxylic acids is 1. The molecule has 0 radical (unpaired) electrons. The van der Waals surface area contributed by atoms with Gasteiger partial charge in [-0.2, -0.15) is 0 Å². The molecule has 1 aromatic heterocycles. The molecule has 1 heterocycles. The van der Waals surface area contributed by atoms with Crippen LogP contribution in [0, 0.1) is 0 Å². The maximum Gasteiger partial charge on any atom is 0.335 e. The first-order chi connectivity index (χ1) is 11.6. The summed E-state index contributed by atoms with van der Waals surface area (Å²) in [6.45, 7) is 7.70. The zero-order valence-electron chi connectivity index (χ0n) is 15.3. The molecule has 1 N–H and O–H groups in total. The second-order valence-electron chi connectivity index (χ2n) is 6.92. The minimum Gasteiger partial charge on any atom is -0.478 e. The van der Waals surface area contributed by atoms with Gasteiger partial charge in [0.15, 0.2) is 0 Å². The third-order valence-electron chi connectivity index (χ3n) is 4.93. The number of hydrogen-bond donors (Lipinski definition) is 1. The van der Waals surface area contributed by atoms with Crippen molar-refractivity contribution in [3.05, 3.63) is 35.5 Å². The largest absolute Gasteiger partial charge is 0.478 e. The Morgan fingerprint density at radius 2 is 1.83 bits per heavy atom. The predicted octanol–water partition coefficient (Wildman–Crippen LogP) is 6.21. The number of aryl methyl sites for hydroxylation is 1. The Kier molecular flexibility index (Phi) is 6.89. The summed E-state index contributed by atoms with van der Waals surface area (Å²) in [6.07, 6.45) is 10.8. The summed E-state index contributed by atoms with van der Waals surface area (Å²) in [4.78, 5) is 11.3. The zero-order valence-corrected chi connectivity index (χ0v) is 15.3. The molecule has 1 aromatic carbocycles. The third kappa shape index (κ3) is 4.40. The highest BCUT2D eigenvalue weighted by Crippen LogP contribution is 2.32. The fraction of sp³-hybridized carbons (Fsp3) is 0.571. The number of fused-ring (bicyclic) bond motifs is 1. The molecule has 0 aliphatic heterocycles. The molecule has 0 aliphatic carbocycles. The van der Waals surface area contributed by atoms with Gasteiger partial charge in [0.1, 0.15) is 0 Å². The molecule has 132 valence electrons. The summed E-state index contributed by atoms with van der Waals surface area (Å²) < 4.78 is 2.27. The molecule has 0 amide bonds. The van der Waals surface area contributed by atoms with Gasteiger partial charge in [-0.25, -0.2) is 4.79 Å². The fourth-order valence-corrected chi connectivity index (χ4v) is 3.42. The maximum atomic E-state index is 11.3. The smallest absolute Gasteiger partial charge is 0.335 e. The molecular formula is C21H31NO2.